The normalized spacial score (nSPS) is 21.5. The molecule has 3 aromatic rings. The third-order valence-electron chi connectivity index (χ3n) is 6.58. The molecule has 1 aliphatic carbocycles. The van der Waals surface area contributed by atoms with E-state index >= 15 is 0 Å². The number of Topliss-reactive ketones (excluding diaryl/α,β-unsaturated/α-hetero) is 3. The second kappa shape index (κ2) is 7.57. The van der Waals surface area contributed by atoms with Crippen LogP contribution in [-0.2, 0) is 0 Å². The van der Waals surface area contributed by atoms with Crippen molar-refractivity contribution in [3.05, 3.63) is 97.7 Å². The van der Waals surface area contributed by atoms with Crippen molar-refractivity contribution in [2.24, 2.45) is 5.92 Å². The Morgan fingerprint density at radius 2 is 1.76 bits per heavy atom. The van der Waals surface area contributed by atoms with Crippen LogP contribution in [0.1, 0.15) is 42.8 Å². The van der Waals surface area contributed by atoms with Gasteiger partial charge in [-0.3, -0.25) is 29.4 Å². The van der Waals surface area contributed by atoms with Gasteiger partial charge in [-0.1, -0.05) is 52.3 Å². The zero-order chi connectivity index (χ0) is 23.5. The predicted octanol–water partition coefficient (Wildman–Crippen LogP) is 4.30. The Hall–Kier alpha value is -3.43. The average molecular weight is 509 g/mol. The van der Waals surface area contributed by atoms with Crippen LogP contribution in [0.3, 0.4) is 0 Å². The molecule has 0 radical (unpaired) electrons. The van der Waals surface area contributed by atoms with Crippen LogP contribution in [0.2, 0.25) is 0 Å². The van der Waals surface area contributed by atoms with E-state index in [0.29, 0.717) is 10.0 Å². The molecule has 0 bridgehead atoms. The highest BCUT2D eigenvalue weighted by Crippen LogP contribution is 2.53. The summed E-state index contributed by atoms with van der Waals surface area (Å²) in [6.07, 6.45) is 0. The molecule has 1 spiro atoms. The van der Waals surface area contributed by atoms with Gasteiger partial charge in [-0.2, -0.15) is 0 Å². The Labute approximate surface area is 196 Å². The van der Waals surface area contributed by atoms with Crippen LogP contribution < -0.4 is 0 Å². The highest BCUT2D eigenvalue weighted by molar-refractivity contribution is 9.10. The van der Waals surface area contributed by atoms with Gasteiger partial charge in [0.1, 0.15) is 10.7 Å². The van der Waals surface area contributed by atoms with Gasteiger partial charge in [0.25, 0.3) is 0 Å². The summed E-state index contributed by atoms with van der Waals surface area (Å²) in [6.45, 7) is 0.107. The molecule has 2 aromatic carbocycles. The minimum absolute atomic E-state index is 0.0638. The first-order valence-electron chi connectivity index (χ1n) is 10.2. The standard InChI is InChI=1S/C24H17BrN2O6/c1-26-12-17(21(28)13-5-4-6-14(25)11-13)20(18-9-10-19(33-18)27(31)32)24(26)22(29)15-7-2-3-8-16(15)23(24)30/h2-11,17,20H,12H2,1H3/t17-,20-/m0/s1. The Bertz CT molecular complexity index is 1310. The zero-order valence-electron chi connectivity index (χ0n) is 17.4. The number of likely N-dealkylation sites (N-methyl/N-ethyl adjacent to an activating group) is 1. The summed E-state index contributed by atoms with van der Waals surface area (Å²) in [6, 6.07) is 15.9. The van der Waals surface area contributed by atoms with Crippen molar-refractivity contribution in [1.82, 2.24) is 4.90 Å². The molecule has 166 valence electrons. The van der Waals surface area contributed by atoms with Crippen molar-refractivity contribution in [2.75, 3.05) is 13.6 Å². The molecule has 8 nitrogen and oxygen atoms in total. The van der Waals surface area contributed by atoms with E-state index in [9.17, 15) is 24.5 Å². The Morgan fingerprint density at radius 3 is 2.33 bits per heavy atom. The van der Waals surface area contributed by atoms with Crippen molar-refractivity contribution >= 4 is 39.2 Å². The van der Waals surface area contributed by atoms with Gasteiger partial charge in [-0.25, -0.2) is 0 Å². The second-order valence-electron chi connectivity index (χ2n) is 8.24. The zero-order valence-corrected chi connectivity index (χ0v) is 18.9. The molecule has 1 fully saturated rings. The predicted molar refractivity (Wildman–Crippen MR) is 121 cm³/mol. The van der Waals surface area contributed by atoms with Gasteiger partial charge in [0, 0.05) is 33.6 Å². The van der Waals surface area contributed by atoms with Crippen LogP contribution in [0.5, 0.6) is 0 Å². The Kier molecular flexibility index (Phi) is 4.91. The van der Waals surface area contributed by atoms with E-state index in [0.717, 1.165) is 0 Å². The number of benzene rings is 2. The van der Waals surface area contributed by atoms with Gasteiger partial charge in [-0.15, -0.1) is 0 Å². The second-order valence-corrected chi connectivity index (χ2v) is 9.16. The fourth-order valence-electron chi connectivity index (χ4n) is 5.20. The van der Waals surface area contributed by atoms with Crippen LogP contribution in [0.25, 0.3) is 0 Å². The van der Waals surface area contributed by atoms with Gasteiger partial charge in [-0.05, 0) is 25.2 Å². The first kappa shape index (κ1) is 21.4. The van der Waals surface area contributed by atoms with Gasteiger partial charge < -0.3 is 4.42 Å². The number of furan rings is 1. The minimum atomic E-state index is -1.72. The molecule has 0 N–H and O–H groups in total. The van der Waals surface area contributed by atoms with Crippen LogP contribution in [0, 0.1) is 16.0 Å². The Balaban J connectivity index is 1.71. The van der Waals surface area contributed by atoms with Crippen molar-refractivity contribution in [2.45, 2.75) is 11.5 Å². The summed E-state index contributed by atoms with van der Waals surface area (Å²) in [5, 5.41) is 11.3. The number of nitrogens with zero attached hydrogens (tertiary/aromatic N) is 2. The summed E-state index contributed by atoms with van der Waals surface area (Å²) in [4.78, 5) is 53.4. The summed E-state index contributed by atoms with van der Waals surface area (Å²) in [5.41, 5.74) is -0.768. The first-order valence-corrected chi connectivity index (χ1v) is 11.0. The summed E-state index contributed by atoms with van der Waals surface area (Å²) in [5.74, 6) is -3.46. The van der Waals surface area contributed by atoms with Crippen molar-refractivity contribution in [3.8, 4) is 0 Å². The van der Waals surface area contributed by atoms with Crippen molar-refractivity contribution in [3.63, 3.8) is 0 Å². The highest BCUT2D eigenvalue weighted by Gasteiger charge is 2.68. The van der Waals surface area contributed by atoms with Crippen molar-refractivity contribution < 1.29 is 23.7 Å². The highest BCUT2D eigenvalue weighted by atomic mass is 79.9. The van der Waals surface area contributed by atoms with Crippen LogP contribution >= 0.6 is 15.9 Å². The molecule has 0 saturated carbocycles. The third kappa shape index (κ3) is 2.96. The molecule has 2 heterocycles. The molecule has 0 amide bonds. The molecule has 1 aliphatic heterocycles. The number of carbonyl (C=O) groups excluding carboxylic acids is 3. The lowest BCUT2D eigenvalue weighted by atomic mass is 9.73. The van der Waals surface area contributed by atoms with E-state index in [-0.39, 0.29) is 29.2 Å². The monoisotopic (exact) mass is 508 g/mol. The smallest absolute Gasteiger partial charge is 0.405 e. The lowest BCUT2D eigenvalue weighted by Crippen LogP contribution is -2.54. The van der Waals surface area contributed by atoms with E-state index in [4.69, 9.17) is 4.42 Å². The van der Waals surface area contributed by atoms with Crippen molar-refractivity contribution in [1.29, 1.82) is 0 Å². The number of fused-ring (bicyclic) bond motifs is 1. The van der Waals surface area contributed by atoms with E-state index in [1.165, 1.54) is 12.1 Å². The number of hydrogen-bond acceptors (Lipinski definition) is 7. The van der Waals surface area contributed by atoms with Crippen LogP contribution in [-0.4, -0.2) is 46.3 Å². The lowest BCUT2D eigenvalue weighted by Gasteiger charge is -2.33. The number of ketones is 3. The molecule has 2 atom stereocenters. The molecule has 1 aromatic heterocycles. The van der Waals surface area contributed by atoms with Gasteiger partial charge in [0.15, 0.2) is 22.9 Å². The molecular weight excluding hydrogens is 492 g/mol. The van der Waals surface area contributed by atoms with E-state index in [1.807, 2.05) is 0 Å². The molecule has 33 heavy (non-hydrogen) atoms. The minimum Gasteiger partial charge on any atom is -0.405 e. The molecule has 5 rings (SSSR count). The quantitative estimate of drug-likeness (QED) is 0.223. The number of likely N-dealkylation sites (tertiary alicyclic amines) is 1. The third-order valence-corrected chi connectivity index (χ3v) is 7.07. The fraction of sp³-hybridized carbons (Fsp3) is 0.208. The molecule has 2 aliphatic rings. The molecule has 0 unspecified atom stereocenters. The van der Waals surface area contributed by atoms with E-state index < -0.39 is 39.7 Å². The molecular formula is C24H17BrN2O6. The first-order chi connectivity index (χ1) is 15.8. The van der Waals surface area contributed by atoms with Gasteiger partial charge >= 0.3 is 5.88 Å². The number of nitro groups is 1. The summed E-state index contributed by atoms with van der Waals surface area (Å²) < 4.78 is 6.22. The maximum atomic E-state index is 13.8. The Morgan fingerprint density at radius 1 is 1.09 bits per heavy atom. The molecule has 9 heteroatoms. The average Bonchev–Trinajstić information content (AvgIpc) is 3.46. The van der Waals surface area contributed by atoms with Crippen LogP contribution in [0.15, 0.2) is 69.6 Å². The fourth-order valence-corrected chi connectivity index (χ4v) is 5.60. The maximum Gasteiger partial charge on any atom is 0.433 e. The lowest BCUT2D eigenvalue weighted by molar-refractivity contribution is -0.402. The maximum absolute atomic E-state index is 13.8. The number of carbonyl (C=O) groups is 3. The van der Waals surface area contributed by atoms with E-state index in [2.05, 4.69) is 15.9 Å². The van der Waals surface area contributed by atoms with Gasteiger partial charge in [0.05, 0.1) is 12.0 Å². The number of rotatable bonds is 4. The SMILES string of the molecule is CN1C[C@H](C(=O)c2cccc(Br)c2)[C@@H](c2ccc([N+](=O)[O-])o2)C12C(=O)c1ccccc1C2=O. The van der Waals surface area contributed by atoms with Gasteiger partial charge in [0.2, 0.25) is 0 Å². The molecule has 1 saturated heterocycles. The summed E-state index contributed by atoms with van der Waals surface area (Å²) >= 11 is 3.36. The topological polar surface area (TPSA) is 111 Å². The van der Waals surface area contributed by atoms with E-state index in [1.54, 1.807) is 60.5 Å². The largest absolute Gasteiger partial charge is 0.433 e. The summed E-state index contributed by atoms with van der Waals surface area (Å²) in [7, 11) is 1.63. The van der Waals surface area contributed by atoms with Crippen LogP contribution in [0.4, 0.5) is 5.88 Å². The number of hydrogen-bond donors (Lipinski definition) is 0. The number of halogens is 1.